The number of rotatable bonds is 4. The largest absolute Gasteiger partial charge is 0.456 e. The van der Waals surface area contributed by atoms with E-state index in [1.807, 2.05) is 37.3 Å². The molecule has 0 heterocycles. The second-order valence-corrected chi connectivity index (χ2v) is 6.09. The lowest BCUT2D eigenvalue weighted by atomic mass is 10.1. The number of nitrogens with two attached hydrogens (primary N) is 1. The van der Waals surface area contributed by atoms with Crippen LogP contribution in [-0.4, -0.2) is 6.54 Å². The fourth-order valence-corrected chi connectivity index (χ4v) is 2.60. The molecule has 2 aromatic rings. The molecule has 2 N–H and O–H groups in total. The zero-order valence-electron chi connectivity index (χ0n) is 10.6. The smallest absolute Gasteiger partial charge is 0.141 e. The monoisotopic (exact) mass is 383 g/mol. The van der Waals surface area contributed by atoms with Crippen LogP contribution < -0.4 is 10.5 Å². The van der Waals surface area contributed by atoms with E-state index in [0.29, 0.717) is 6.54 Å². The van der Waals surface area contributed by atoms with Crippen molar-refractivity contribution in [3.05, 3.63) is 56.5 Å². The van der Waals surface area contributed by atoms with E-state index in [9.17, 15) is 0 Å². The summed E-state index contributed by atoms with van der Waals surface area (Å²) in [6, 6.07) is 12.1. The summed E-state index contributed by atoms with van der Waals surface area (Å²) >= 11 is 6.99. The van der Waals surface area contributed by atoms with Crippen molar-refractivity contribution in [2.24, 2.45) is 5.73 Å². The van der Waals surface area contributed by atoms with Crippen LogP contribution in [-0.2, 0) is 6.42 Å². The third kappa shape index (κ3) is 3.81. The summed E-state index contributed by atoms with van der Waals surface area (Å²) in [6.45, 7) is 2.68. The summed E-state index contributed by atoms with van der Waals surface area (Å²) in [4.78, 5) is 0. The molecule has 0 amide bonds. The first-order valence-electron chi connectivity index (χ1n) is 6.02. The molecule has 2 nitrogen and oxygen atoms in total. The number of ether oxygens (including phenoxy) is 1. The van der Waals surface area contributed by atoms with Gasteiger partial charge in [0, 0.05) is 4.47 Å². The van der Waals surface area contributed by atoms with Gasteiger partial charge >= 0.3 is 0 Å². The maximum absolute atomic E-state index is 5.95. The molecule has 0 aromatic heterocycles. The van der Waals surface area contributed by atoms with Crippen molar-refractivity contribution in [2.45, 2.75) is 13.3 Å². The average molecular weight is 385 g/mol. The highest BCUT2D eigenvalue weighted by molar-refractivity contribution is 9.10. The fraction of sp³-hybridized carbons (Fsp3) is 0.200. The molecular weight excluding hydrogens is 370 g/mol. The summed E-state index contributed by atoms with van der Waals surface area (Å²) in [5.74, 6) is 1.66. The van der Waals surface area contributed by atoms with Crippen LogP contribution in [0.15, 0.2) is 45.3 Å². The van der Waals surface area contributed by atoms with Gasteiger partial charge in [0.1, 0.15) is 11.5 Å². The Bertz CT molecular complexity index is 584. The Morgan fingerprint density at radius 1 is 1.05 bits per heavy atom. The predicted octanol–water partition coefficient (Wildman–Crippen LogP) is 4.81. The SMILES string of the molecule is Cc1ccc(Br)cc1Oc1ccc(CCN)cc1Br. The lowest BCUT2D eigenvalue weighted by Gasteiger charge is -2.11. The number of hydrogen-bond acceptors (Lipinski definition) is 2. The molecule has 0 saturated heterocycles. The average Bonchev–Trinajstić information content (AvgIpc) is 2.37. The van der Waals surface area contributed by atoms with Crippen molar-refractivity contribution in [3.8, 4) is 11.5 Å². The van der Waals surface area contributed by atoms with Crippen LogP contribution in [0.25, 0.3) is 0 Å². The molecule has 4 heteroatoms. The lowest BCUT2D eigenvalue weighted by Crippen LogP contribution is -2.02. The van der Waals surface area contributed by atoms with Gasteiger partial charge < -0.3 is 10.5 Å². The van der Waals surface area contributed by atoms with Gasteiger partial charge in [0.2, 0.25) is 0 Å². The zero-order chi connectivity index (χ0) is 13.8. The molecule has 0 atom stereocenters. The summed E-state index contributed by atoms with van der Waals surface area (Å²) in [6.07, 6.45) is 0.870. The van der Waals surface area contributed by atoms with Gasteiger partial charge in [-0.05, 0) is 71.2 Å². The van der Waals surface area contributed by atoms with E-state index in [0.717, 1.165) is 32.4 Å². The Morgan fingerprint density at radius 2 is 1.84 bits per heavy atom. The lowest BCUT2D eigenvalue weighted by molar-refractivity contribution is 0.475. The minimum absolute atomic E-state index is 0.650. The van der Waals surface area contributed by atoms with Crippen molar-refractivity contribution in [1.82, 2.24) is 0 Å². The number of halogens is 2. The predicted molar refractivity (Wildman–Crippen MR) is 85.9 cm³/mol. The van der Waals surface area contributed by atoms with E-state index >= 15 is 0 Å². The molecule has 19 heavy (non-hydrogen) atoms. The maximum atomic E-state index is 5.95. The van der Waals surface area contributed by atoms with Gasteiger partial charge in [-0.1, -0.05) is 28.1 Å². The van der Waals surface area contributed by atoms with Crippen LogP contribution in [0, 0.1) is 6.92 Å². The second kappa shape index (κ2) is 6.55. The van der Waals surface area contributed by atoms with Crippen LogP contribution in [0.5, 0.6) is 11.5 Å². The van der Waals surface area contributed by atoms with Crippen molar-refractivity contribution >= 4 is 31.9 Å². The Hall–Kier alpha value is -0.840. The van der Waals surface area contributed by atoms with E-state index in [2.05, 4.69) is 37.9 Å². The quantitative estimate of drug-likeness (QED) is 0.820. The van der Waals surface area contributed by atoms with E-state index in [1.165, 1.54) is 5.56 Å². The van der Waals surface area contributed by atoms with Crippen LogP contribution in [0.2, 0.25) is 0 Å². The Kier molecular flexibility index (Phi) is 5.02. The first-order chi connectivity index (χ1) is 9.10. The van der Waals surface area contributed by atoms with Crippen LogP contribution in [0.4, 0.5) is 0 Å². The van der Waals surface area contributed by atoms with Gasteiger partial charge in [0.15, 0.2) is 0 Å². The highest BCUT2D eigenvalue weighted by atomic mass is 79.9. The van der Waals surface area contributed by atoms with Gasteiger partial charge in [0.05, 0.1) is 4.47 Å². The van der Waals surface area contributed by atoms with Crippen molar-refractivity contribution in [2.75, 3.05) is 6.54 Å². The van der Waals surface area contributed by atoms with E-state index in [1.54, 1.807) is 0 Å². The Morgan fingerprint density at radius 3 is 2.53 bits per heavy atom. The Balaban J connectivity index is 2.25. The van der Waals surface area contributed by atoms with Gasteiger partial charge in [-0.25, -0.2) is 0 Å². The third-order valence-electron chi connectivity index (χ3n) is 2.80. The molecule has 0 aliphatic carbocycles. The zero-order valence-corrected chi connectivity index (χ0v) is 13.8. The standard InChI is InChI=1S/C15H15Br2NO/c1-10-2-4-12(16)9-15(10)19-14-5-3-11(6-7-18)8-13(14)17/h2-5,8-9H,6-7,18H2,1H3. The molecular formula is C15H15Br2NO. The van der Waals surface area contributed by atoms with E-state index in [4.69, 9.17) is 10.5 Å². The molecule has 0 spiro atoms. The molecule has 0 saturated carbocycles. The van der Waals surface area contributed by atoms with Crippen LogP contribution in [0.1, 0.15) is 11.1 Å². The molecule has 100 valence electrons. The highest BCUT2D eigenvalue weighted by Crippen LogP contribution is 2.33. The minimum Gasteiger partial charge on any atom is -0.456 e. The van der Waals surface area contributed by atoms with Crippen molar-refractivity contribution in [3.63, 3.8) is 0 Å². The molecule has 0 radical (unpaired) electrons. The molecule has 2 aromatic carbocycles. The molecule has 0 aliphatic rings. The first-order valence-corrected chi connectivity index (χ1v) is 7.61. The fourth-order valence-electron chi connectivity index (χ4n) is 1.75. The molecule has 2 rings (SSSR count). The van der Waals surface area contributed by atoms with Gasteiger partial charge in [-0.15, -0.1) is 0 Å². The van der Waals surface area contributed by atoms with Gasteiger partial charge in [-0.3, -0.25) is 0 Å². The highest BCUT2D eigenvalue weighted by Gasteiger charge is 2.06. The maximum Gasteiger partial charge on any atom is 0.141 e. The second-order valence-electron chi connectivity index (χ2n) is 4.32. The minimum atomic E-state index is 0.650. The van der Waals surface area contributed by atoms with E-state index < -0.39 is 0 Å². The summed E-state index contributed by atoms with van der Waals surface area (Å²) in [7, 11) is 0. The van der Waals surface area contributed by atoms with Gasteiger partial charge in [0.25, 0.3) is 0 Å². The number of hydrogen-bond donors (Lipinski definition) is 1. The van der Waals surface area contributed by atoms with Crippen molar-refractivity contribution in [1.29, 1.82) is 0 Å². The summed E-state index contributed by atoms with van der Waals surface area (Å²) < 4.78 is 7.89. The van der Waals surface area contributed by atoms with Crippen LogP contribution in [0.3, 0.4) is 0 Å². The number of aryl methyl sites for hydroxylation is 1. The van der Waals surface area contributed by atoms with E-state index in [-0.39, 0.29) is 0 Å². The topological polar surface area (TPSA) is 35.2 Å². The molecule has 0 aliphatic heterocycles. The molecule has 0 fully saturated rings. The van der Waals surface area contributed by atoms with Crippen molar-refractivity contribution < 1.29 is 4.74 Å². The summed E-state index contributed by atoms with van der Waals surface area (Å²) in [5, 5.41) is 0. The third-order valence-corrected chi connectivity index (χ3v) is 3.91. The Labute approximate surface area is 130 Å². The van der Waals surface area contributed by atoms with Gasteiger partial charge in [-0.2, -0.15) is 0 Å². The van der Waals surface area contributed by atoms with Crippen LogP contribution >= 0.6 is 31.9 Å². The number of benzene rings is 2. The normalized spacial score (nSPS) is 10.5. The first kappa shape index (κ1) is 14.6. The summed E-state index contributed by atoms with van der Waals surface area (Å²) in [5.41, 5.74) is 7.86. The molecule has 0 unspecified atom stereocenters. The molecule has 0 bridgehead atoms.